The van der Waals surface area contributed by atoms with E-state index in [2.05, 4.69) is 37.2 Å². The third-order valence-corrected chi connectivity index (χ3v) is 15.2. The molecule has 8 amide bonds. The molecule has 1 rings (SSSR count). The molecule has 0 saturated heterocycles. The quantitative estimate of drug-likeness (QED) is 0.0418. The number of unbranched alkanes of at least 4 members (excludes halogenated alkanes) is 3. The van der Waals surface area contributed by atoms with Crippen LogP contribution in [-0.4, -0.2) is 141 Å². The summed E-state index contributed by atoms with van der Waals surface area (Å²) in [6.45, 7) is 18.8. The normalized spacial score (nSPS) is 14.9. The monoisotopic (exact) mass is 1180 g/mol. The highest BCUT2D eigenvalue weighted by Gasteiger charge is 2.36. The van der Waals surface area contributed by atoms with Gasteiger partial charge in [0.05, 0.1) is 11.4 Å². The highest BCUT2D eigenvalue weighted by Crippen LogP contribution is 2.21. The van der Waals surface area contributed by atoms with E-state index < -0.39 is 112 Å². The van der Waals surface area contributed by atoms with E-state index in [1.807, 2.05) is 69.2 Å². The molecule has 0 unspecified atom stereocenters. The molecule has 0 aromatic heterocycles. The van der Waals surface area contributed by atoms with E-state index in [1.165, 1.54) is 24.3 Å². The number of nitrogens with zero attached hydrogens (tertiary/aromatic N) is 1. The Kier molecular flexibility index (Phi) is 35.4. The highest BCUT2D eigenvalue weighted by atomic mass is 35.5. The van der Waals surface area contributed by atoms with Crippen molar-refractivity contribution in [2.75, 3.05) is 32.7 Å². The Balaban J connectivity index is 3.57. The Morgan fingerprint density at radius 2 is 0.753 bits per heavy atom. The number of sulfonamides is 1. The first-order valence-electron chi connectivity index (χ1n) is 29.0. The first-order valence-corrected chi connectivity index (χ1v) is 30.8. The van der Waals surface area contributed by atoms with Crippen LogP contribution in [0.3, 0.4) is 0 Å². The summed E-state index contributed by atoms with van der Waals surface area (Å²) in [5.41, 5.74) is 29.4. The molecule has 0 heterocycles. The Bertz CT molecular complexity index is 2220. The number of hydrogen-bond donors (Lipinski definition) is 12. The number of nitrogens with one attached hydrogen (secondary N) is 7. The number of amides is 8. The number of rotatable bonds is 42. The third-order valence-electron chi connectivity index (χ3n) is 13.1. The SMILES string of the molecule is CC(C)C[C@H](N)CN(CC(=O)N[C@@H](CCCCN)C(=O)N[C@@H](CC(C)C)C(=O)N[C@@H](CC(C)C)C(=O)N[C@@H](CCCCN)C(=O)N[C@@H](CCCCN)C(=O)N[C@@H](CC(C)C)C(=O)N[C@@H](CC(C)C)C(N)=O)S(=O)(=O)c1ccc(Cl)cc1. The maximum absolute atomic E-state index is 14.4. The lowest BCUT2D eigenvalue weighted by Crippen LogP contribution is -2.60. The van der Waals surface area contributed by atoms with Crippen LogP contribution in [0.2, 0.25) is 5.02 Å². The number of nitrogens with two attached hydrogens (primary N) is 5. The van der Waals surface area contributed by atoms with Gasteiger partial charge in [-0.15, -0.1) is 0 Å². The smallest absolute Gasteiger partial charge is 0.243 e. The van der Waals surface area contributed by atoms with Gasteiger partial charge in [0, 0.05) is 17.6 Å². The zero-order valence-electron chi connectivity index (χ0n) is 50.0. The van der Waals surface area contributed by atoms with Crippen molar-refractivity contribution in [1.82, 2.24) is 41.5 Å². The molecule has 464 valence electrons. The molecular weight excluding hydrogens is 1080 g/mol. The summed E-state index contributed by atoms with van der Waals surface area (Å²) in [5.74, 6) is -5.87. The predicted octanol–water partition coefficient (Wildman–Crippen LogP) is 2.15. The number of carbonyl (C=O) groups is 8. The van der Waals surface area contributed by atoms with Crippen molar-refractivity contribution in [3.8, 4) is 0 Å². The zero-order chi connectivity index (χ0) is 61.6. The van der Waals surface area contributed by atoms with Crippen molar-refractivity contribution in [1.29, 1.82) is 0 Å². The Morgan fingerprint density at radius 3 is 1.07 bits per heavy atom. The average Bonchev–Trinajstić information content (AvgIpc) is 3.36. The molecule has 8 atom stereocenters. The third kappa shape index (κ3) is 29.7. The van der Waals surface area contributed by atoms with E-state index in [-0.39, 0.29) is 86.0 Å². The molecule has 0 fully saturated rings. The highest BCUT2D eigenvalue weighted by molar-refractivity contribution is 7.89. The maximum atomic E-state index is 14.4. The van der Waals surface area contributed by atoms with Crippen LogP contribution in [0.1, 0.15) is 159 Å². The molecule has 0 aliphatic carbocycles. The van der Waals surface area contributed by atoms with Crippen LogP contribution < -0.4 is 65.9 Å². The second-order valence-electron chi connectivity index (χ2n) is 23.4. The summed E-state index contributed by atoms with van der Waals surface area (Å²) >= 11 is 6.05. The van der Waals surface area contributed by atoms with E-state index in [0.29, 0.717) is 69.6 Å². The molecule has 0 radical (unpaired) electrons. The van der Waals surface area contributed by atoms with Gasteiger partial charge in [0.25, 0.3) is 0 Å². The number of hydrogen-bond acceptors (Lipinski definition) is 14. The Hall–Kier alpha value is -4.98. The first-order chi connectivity index (χ1) is 37.9. The van der Waals surface area contributed by atoms with Crippen molar-refractivity contribution in [2.45, 2.75) is 212 Å². The molecule has 1 aromatic carbocycles. The van der Waals surface area contributed by atoms with Gasteiger partial charge < -0.3 is 65.9 Å². The van der Waals surface area contributed by atoms with E-state index >= 15 is 0 Å². The van der Waals surface area contributed by atoms with E-state index in [1.54, 1.807) is 0 Å². The summed E-state index contributed by atoms with van der Waals surface area (Å²) in [7, 11) is -4.28. The minimum Gasteiger partial charge on any atom is -0.368 e. The van der Waals surface area contributed by atoms with Gasteiger partial charge in [-0.05, 0) is 163 Å². The zero-order valence-corrected chi connectivity index (χ0v) is 51.5. The molecule has 0 bridgehead atoms. The summed E-state index contributed by atoms with van der Waals surface area (Å²) < 4.78 is 28.9. The van der Waals surface area contributed by atoms with Gasteiger partial charge in [0.2, 0.25) is 57.3 Å². The minimum atomic E-state index is -4.28. The number of primary amides is 1. The fourth-order valence-electron chi connectivity index (χ4n) is 9.09. The number of halogens is 1. The maximum Gasteiger partial charge on any atom is 0.243 e. The van der Waals surface area contributed by atoms with Crippen molar-refractivity contribution in [3.63, 3.8) is 0 Å². The second-order valence-corrected chi connectivity index (χ2v) is 25.8. The van der Waals surface area contributed by atoms with Gasteiger partial charge in [0.1, 0.15) is 42.3 Å². The fraction of sp³-hybridized carbons (Fsp3) is 0.750. The fourth-order valence-corrected chi connectivity index (χ4v) is 10.7. The average molecular weight is 1190 g/mol. The van der Waals surface area contributed by atoms with Crippen LogP contribution in [0.25, 0.3) is 0 Å². The predicted molar refractivity (Wildman–Crippen MR) is 317 cm³/mol. The van der Waals surface area contributed by atoms with Crippen LogP contribution in [0.15, 0.2) is 29.2 Å². The van der Waals surface area contributed by atoms with E-state index in [9.17, 15) is 46.8 Å². The summed E-state index contributed by atoms with van der Waals surface area (Å²) in [6.07, 6.45) is 4.24. The number of benzene rings is 1. The van der Waals surface area contributed by atoms with Gasteiger partial charge >= 0.3 is 0 Å². The second kappa shape index (κ2) is 38.7. The molecule has 25 heteroatoms. The largest absolute Gasteiger partial charge is 0.368 e. The van der Waals surface area contributed by atoms with Crippen LogP contribution in [0.5, 0.6) is 0 Å². The van der Waals surface area contributed by atoms with E-state index in [0.717, 1.165) is 4.31 Å². The molecule has 0 saturated carbocycles. The number of carbonyl (C=O) groups excluding carboxylic acids is 8. The molecular formula is C56H102ClN13O10S. The lowest BCUT2D eigenvalue weighted by atomic mass is 9.98. The topological polar surface area (TPSA) is 388 Å². The van der Waals surface area contributed by atoms with Crippen molar-refractivity contribution < 1.29 is 46.8 Å². The Morgan fingerprint density at radius 1 is 0.457 bits per heavy atom. The lowest BCUT2D eigenvalue weighted by molar-refractivity contribution is -0.136. The van der Waals surface area contributed by atoms with Gasteiger partial charge in [-0.2, -0.15) is 4.31 Å². The van der Waals surface area contributed by atoms with Crippen LogP contribution in [-0.2, 0) is 48.4 Å². The minimum absolute atomic E-state index is 0.0278. The van der Waals surface area contributed by atoms with Gasteiger partial charge in [0.15, 0.2) is 0 Å². The summed E-state index contributed by atoms with van der Waals surface area (Å²) in [4.78, 5) is 111. The molecule has 0 aliphatic rings. The van der Waals surface area contributed by atoms with Crippen LogP contribution in [0, 0.1) is 29.6 Å². The molecule has 0 aliphatic heterocycles. The Labute approximate surface area is 487 Å². The molecule has 81 heavy (non-hydrogen) atoms. The van der Waals surface area contributed by atoms with Gasteiger partial charge in [-0.1, -0.05) is 80.8 Å². The van der Waals surface area contributed by atoms with E-state index in [4.69, 9.17) is 40.3 Å². The molecule has 1 aromatic rings. The molecule has 17 N–H and O–H groups in total. The van der Waals surface area contributed by atoms with Crippen molar-refractivity contribution in [2.24, 2.45) is 58.3 Å². The standard InChI is InChI=1S/C56H102ClN13O10S/c1-34(2)27-40(61)32-70(81(79,80)41-22-20-39(57)21-23-41)33-49(71)63-42(17-11-14-24-58)51(73)67-48(31-38(9)10)56(78)69-46(29-36(5)6)54(76)65-43(18-12-15-25-59)52(74)64-44(19-13-16-26-60)53(75)68-47(30-37(7)8)55(77)66-45(50(62)72)28-35(3)4/h20-23,34-38,40,42-48H,11-19,24-33,58-61H2,1-10H3,(H2,62,72)(H,63,71)(H,64,74)(H,65,76)(H,66,77)(H,67,73)(H,68,75)(H,69,78)/t40-,42-,43-,44-,45-,46-,47-,48-/m0/s1. The first kappa shape index (κ1) is 74.0. The van der Waals surface area contributed by atoms with Crippen molar-refractivity contribution in [3.05, 3.63) is 29.3 Å². The summed E-state index contributed by atoms with van der Waals surface area (Å²) in [5, 5.41) is 19.7. The van der Waals surface area contributed by atoms with Gasteiger partial charge in [-0.25, -0.2) is 8.42 Å². The van der Waals surface area contributed by atoms with Crippen LogP contribution >= 0.6 is 11.6 Å². The van der Waals surface area contributed by atoms with Gasteiger partial charge in [-0.3, -0.25) is 38.4 Å². The molecule has 0 spiro atoms. The lowest BCUT2D eigenvalue weighted by Gasteiger charge is -2.29. The summed E-state index contributed by atoms with van der Waals surface area (Å²) in [6, 6.07) is -3.25. The van der Waals surface area contributed by atoms with Crippen LogP contribution in [0.4, 0.5) is 0 Å². The van der Waals surface area contributed by atoms with Crippen molar-refractivity contribution >= 4 is 68.9 Å². The molecule has 23 nitrogen and oxygen atoms in total.